The highest BCUT2D eigenvalue weighted by molar-refractivity contribution is 6.30. The van der Waals surface area contributed by atoms with Gasteiger partial charge < -0.3 is 9.22 Å². The molecule has 0 saturated carbocycles. The summed E-state index contributed by atoms with van der Waals surface area (Å²) in [5, 5.41) is 0.719. The second-order valence-corrected chi connectivity index (χ2v) is 7.51. The third-order valence-corrected chi connectivity index (χ3v) is 4.06. The maximum absolute atomic E-state index is 6.03. The maximum atomic E-state index is 6.03. The lowest BCUT2D eigenvalue weighted by Crippen LogP contribution is -2.34. The van der Waals surface area contributed by atoms with Crippen molar-refractivity contribution in [3.8, 4) is 5.75 Å². The fourth-order valence-corrected chi connectivity index (χ4v) is 2.96. The topological polar surface area (TPSA) is 26.5 Å². The molecule has 0 atom stereocenters. The van der Waals surface area contributed by atoms with Crippen molar-refractivity contribution in [3.63, 3.8) is 0 Å². The number of hydrogen-bond acceptors (Lipinski definition) is 2. The van der Waals surface area contributed by atoms with E-state index in [1.54, 1.807) is 0 Å². The molecule has 0 amide bonds. The molecule has 24 heavy (non-hydrogen) atoms. The molecule has 0 radical (unpaired) electrons. The Kier molecular flexibility index (Phi) is 4.52. The molecule has 0 bridgehead atoms. The summed E-state index contributed by atoms with van der Waals surface area (Å²) >= 11 is 6.03. The smallest absolute Gasteiger partial charge is 0.180 e. The molecule has 0 aliphatic heterocycles. The number of fused-ring (bicyclic) bond motifs is 1. The molecule has 0 aliphatic rings. The van der Waals surface area contributed by atoms with Crippen LogP contribution in [0.5, 0.6) is 5.75 Å². The van der Waals surface area contributed by atoms with Crippen molar-refractivity contribution >= 4 is 17.2 Å². The Morgan fingerprint density at radius 3 is 2.67 bits per heavy atom. The van der Waals surface area contributed by atoms with Gasteiger partial charge in [-0.2, -0.15) is 0 Å². The third-order valence-electron chi connectivity index (χ3n) is 3.82. The van der Waals surface area contributed by atoms with Gasteiger partial charge in [-0.15, -0.1) is 0 Å². The van der Waals surface area contributed by atoms with E-state index in [-0.39, 0.29) is 0 Å². The highest BCUT2D eigenvalue weighted by atomic mass is 35.5. The molecule has 0 spiro atoms. The third kappa shape index (κ3) is 3.71. The lowest BCUT2D eigenvalue weighted by atomic mass is 10.2. The fraction of sp³-hybridized carbons (Fsp3) is 0.316. The van der Waals surface area contributed by atoms with Crippen LogP contribution in [0.1, 0.15) is 17.0 Å². The first kappa shape index (κ1) is 16.8. The van der Waals surface area contributed by atoms with Crippen molar-refractivity contribution < 1.29 is 9.22 Å². The summed E-state index contributed by atoms with van der Waals surface area (Å²) < 4.78 is 8.99. The second-order valence-electron chi connectivity index (χ2n) is 7.08. The molecule has 5 heteroatoms. The van der Waals surface area contributed by atoms with Gasteiger partial charge in [0.25, 0.3) is 0 Å². The molecular weight excluding hydrogens is 322 g/mol. The SMILES string of the molecule is Cc1nc2c(OCc3cccc(Cl)c3)cccn2c1C[N+](C)(C)C. The highest BCUT2D eigenvalue weighted by Crippen LogP contribution is 2.24. The summed E-state index contributed by atoms with van der Waals surface area (Å²) in [4.78, 5) is 4.73. The molecule has 4 nitrogen and oxygen atoms in total. The van der Waals surface area contributed by atoms with Crippen molar-refractivity contribution in [2.75, 3.05) is 21.1 Å². The van der Waals surface area contributed by atoms with Crippen molar-refractivity contribution in [2.45, 2.75) is 20.1 Å². The van der Waals surface area contributed by atoms with Crippen LogP contribution in [-0.4, -0.2) is 35.0 Å². The van der Waals surface area contributed by atoms with Crippen LogP contribution in [0.25, 0.3) is 5.65 Å². The Morgan fingerprint density at radius 1 is 1.17 bits per heavy atom. The highest BCUT2D eigenvalue weighted by Gasteiger charge is 2.18. The molecule has 1 aromatic carbocycles. The number of pyridine rings is 1. The van der Waals surface area contributed by atoms with E-state index in [0.29, 0.717) is 6.61 Å². The Labute approximate surface area is 147 Å². The van der Waals surface area contributed by atoms with E-state index in [1.165, 1.54) is 5.69 Å². The number of aryl methyl sites for hydroxylation is 1. The quantitative estimate of drug-likeness (QED) is 0.652. The number of hydrogen-bond donors (Lipinski definition) is 0. The molecule has 0 fully saturated rings. The summed E-state index contributed by atoms with van der Waals surface area (Å²) in [6.45, 7) is 3.43. The van der Waals surface area contributed by atoms with Crippen LogP contribution < -0.4 is 4.74 Å². The molecular formula is C19H23ClN3O+. The molecule has 2 heterocycles. The minimum atomic E-state index is 0.469. The van der Waals surface area contributed by atoms with E-state index in [1.807, 2.05) is 42.6 Å². The van der Waals surface area contributed by atoms with Crippen molar-refractivity contribution in [1.29, 1.82) is 0 Å². The zero-order chi connectivity index (χ0) is 17.3. The van der Waals surface area contributed by atoms with Gasteiger partial charge in [-0.1, -0.05) is 23.7 Å². The molecule has 126 valence electrons. The maximum Gasteiger partial charge on any atom is 0.180 e. The van der Waals surface area contributed by atoms with Crippen LogP contribution in [0.3, 0.4) is 0 Å². The van der Waals surface area contributed by atoms with E-state index in [4.69, 9.17) is 21.3 Å². The van der Waals surface area contributed by atoms with Gasteiger partial charge in [0.1, 0.15) is 18.8 Å². The lowest BCUT2D eigenvalue weighted by molar-refractivity contribution is -0.884. The summed E-state index contributed by atoms with van der Waals surface area (Å²) in [5.41, 5.74) is 4.16. The Bertz CT molecular complexity index is 865. The van der Waals surface area contributed by atoms with Crippen LogP contribution in [0, 0.1) is 6.92 Å². The molecule has 2 aromatic heterocycles. The van der Waals surface area contributed by atoms with Crippen molar-refractivity contribution in [2.24, 2.45) is 0 Å². The number of imidazole rings is 1. The fourth-order valence-electron chi connectivity index (χ4n) is 2.75. The van der Waals surface area contributed by atoms with Gasteiger partial charge in [0.05, 0.1) is 26.8 Å². The average molecular weight is 345 g/mol. The number of rotatable bonds is 5. The largest absolute Gasteiger partial charge is 0.485 e. The van der Waals surface area contributed by atoms with Gasteiger partial charge in [-0.25, -0.2) is 4.98 Å². The zero-order valence-corrected chi connectivity index (χ0v) is 15.3. The van der Waals surface area contributed by atoms with E-state index >= 15 is 0 Å². The average Bonchev–Trinajstić information content (AvgIpc) is 2.80. The Balaban J connectivity index is 1.90. The van der Waals surface area contributed by atoms with Crippen LogP contribution in [0.2, 0.25) is 5.02 Å². The first-order valence-electron chi connectivity index (χ1n) is 7.98. The summed E-state index contributed by atoms with van der Waals surface area (Å²) in [6.07, 6.45) is 2.05. The predicted octanol–water partition coefficient (Wildman–Crippen LogP) is 4.08. The number of nitrogens with zero attached hydrogens (tertiary/aromatic N) is 3. The lowest BCUT2D eigenvalue weighted by Gasteiger charge is -2.23. The van der Waals surface area contributed by atoms with Crippen LogP contribution >= 0.6 is 11.6 Å². The second kappa shape index (κ2) is 6.46. The van der Waals surface area contributed by atoms with Crippen molar-refractivity contribution in [1.82, 2.24) is 9.38 Å². The van der Waals surface area contributed by atoms with E-state index in [0.717, 1.165) is 38.7 Å². The zero-order valence-electron chi connectivity index (χ0n) is 14.6. The standard InChI is InChI=1S/C19H23ClN3O/c1-14-17(12-23(2,3)4)22-10-6-9-18(19(22)21-14)24-13-15-7-5-8-16(20)11-15/h5-11H,12-13H2,1-4H3/q+1. The molecule has 0 unspecified atom stereocenters. The summed E-state index contributed by atoms with van der Waals surface area (Å²) in [6, 6.07) is 11.7. The molecule has 3 aromatic rings. The van der Waals surface area contributed by atoms with Crippen molar-refractivity contribution in [3.05, 3.63) is 64.6 Å². The van der Waals surface area contributed by atoms with Gasteiger partial charge in [-0.05, 0) is 36.8 Å². The number of benzene rings is 1. The molecule has 3 rings (SSSR count). The molecule has 0 saturated heterocycles. The Hall–Kier alpha value is -2.04. The van der Waals surface area contributed by atoms with Crippen LogP contribution in [-0.2, 0) is 13.2 Å². The van der Waals surface area contributed by atoms with Crippen LogP contribution in [0.4, 0.5) is 0 Å². The normalized spacial score (nSPS) is 11.9. The Morgan fingerprint density at radius 2 is 1.96 bits per heavy atom. The molecule has 0 N–H and O–H groups in total. The van der Waals surface area contributed by atoms with Gasteiger partial charge >= 0.3 is 0 Å². The van der Waals surface area contributed by atoms with E-state index < -0.39 is 0 Å². The number of aromatic nitrogens is 2. The summed E-state index contributed by atoms with van der Waals surface area (Å²) in [7, 11) is 6.54. The first-order chi connectivity index (χ1) is 11.3. The summed E-state index contributed by atoms with van der Waals surface area (Å²) in [5.74, 6) is 0.785. The first-order valence-corrected chi connectivity index (χ1v) is 8.35. The number of halogens is 1. The van der Waals surface area contributed by atoms with Crippen LogP contribution in [0.15, 0.2) is 42.6 Å². The number of quaternary nitrogens is 1. The van der Waals surface area contributed by atoms with E-state index in [9.17, 15) is 0 Å². The molecule has 0 aliphatic carbocycles. The van der Waals surface area contributed by atoms with Gasteiger partial charge in [0.15, 0.2) is 11.4 Å². The number of ether oxygens (including phenoxy) is 1. The monoisotopic (exact) mass is 344 g/mol. The van der Waals surface area contributed by atoms with E-state index in [2.05, 4.69) is 32.5 Å². The minimum absolute atomic E-state index is 0.469. The van der Waals surface area contributed by atoms with Gasteiger partial charge in [0, 0.05) is 11.2 Å². The van der Waals surface area contributed by atoms with Gasteiger partial charge in [-0.3, -0.25) is 4.40 Å². The predicted molar refractivity (Wildman–Crippen MR) is 97.4 cm³/mol. The minimum Gasteiger partial charge on any atom is -0.485 e. The van der Waals surface area contributed by atoms with Gasteiger partial charge in [0.2, 0.25) is 0 Å².